The molecule has 1 heterocycles. The fourth-order valence-corrected chi connectivity index (χ4v) is 7.59. The first-order valence-electron chi connectivity index (χ1n) is 27.9. The summed E-state index contributed by atoms with van der Waals surface area (Å²) in [4.78, 5) is 51.0. The molecule has 0 radical (unpaired) electrons. The summed E-state index contributed by atoms with van der Waals surface area (Å²) in [5.74, 6) is -3.23. The molecule has 0 aromatic rings. The highest BCUT2D eigenvalue weighted by Gasteiger charge is 2.50. The Morgan fingerprint density at radius 3 is 1.34 bits per heavy atom. The minimum Gasteiger partial charge on any atom is -0.479 e. The molecule has 6 unspecified atom stereocenters. The lowest BCUT2D eigenvalue weighted by Gasteiger charge is -2.40. The zero-order valence-electron chi connectivity index (χ0n) is 45.1. The summed E-state index contributed by atoms with van der Waals surface area (Å²) in [6.07, 6.45) is 52.1. The molecule has 0 saturated carbocycles. The molecule has 0 amide bonds. The van der Waals surface area contributed by atoms with Crippen molar-refractivity contribution in [2.75, 3.05) is 13.2 Å². The molecule has 0 aliphatic carbocycles. The topological polar surface area (TPSA) is 175 Å². The highest BCUT2D eigenvalue weighted by molar-refractivity contribution is 5.74. The Labute approximate surface area is 440 Å². The van der Waals surface area contributed by atoms with E-state index in [4.69, 9.17) is 23.7 Å². The number of aliphatic carboxylic acids is 1. The fraction of sp³-hybridized carbons (Fsp3) is 0.639. The molecule has 1 fully saturated rings. The largest absolute Gasteiger partial charge is 0.479 e. The number of carbonyl (C=O) groups is 4. The number of ether oxygens (including phenoxy) is 5. The number of carbonyl (C=O) groups excluding carboxylic acids is 3. The van der Waals surface area contributed by atoms with Crippen molar-refractivity contribution in [3.63, 3.8) is 0 Å². The van der Waals surface area contributed by atoms with E-state index in [1.807, 2.05) is 0 Å². The van der Waals surface area contributed by atoms with Gasteiger partial charge >= 0.3 is 23.9 Å². The summed E-state index contributed by atoms with van der Waals surface area (Å²) in [5, 5.41) is 31.4. The van der Waals surface area contributed by atoms with Gasteiger partial charge in [-0.25, -0.2) is 4.79 Å². The maximum absolute atomic E-state index is 13.1. The molecule has 73 heavy (non-hydrogen) atoms. The van der Waals surface area contributed by atoms with Crippen molar-refractivity contribution in [2.24, 2.45) is 0 Å². The van der Waals surface area contributed by atoms with Crippen LogP contribution in [0.15, 0.2) is 109 Å². The number of allylic oxidation sites excluding steroid dienone is 18. The molecular formula is C61H96O12. The monoisotopic (exact) mass is 1020 g/mol. The van der Waals surface area contributed by atoms with E-state index in [9.17, 15) is 34.5 Å². The lowest BCUT2D eigenvalue weighted by molar-refractivity contribution is -0.301. The van der Waals surface area contributed by atoms with Crippen LogP contribution in [0, 0.1) is 0 Å². The molecule has 12 heteroatoms. The van der Waals surface area contributed by atoms with Crippen LogP contribution >= 0.6 is 0 Å². The summed E-state index contributed by atoms with van der Waals surface area (Å²) in [7, 11) is 0. The van der Waals surface area contributed by atoms with E-state index in [1.165, 1.54) is 0 Å². The Morgan fingerprint density at radius 1 is 0.466 bits per heavy atom. The summed E-state index contributed by atoms with van der Waals surface area (Å²) >= 11 is 0. The molecule has 1 aliphatic heterocycles. The number of unbranched alkanes of at least 4 members (excludes halogenated alkanes) is 13. The Bertz CT molecular complexity index is 1690. The van der Waals surface area contributed by atoms with E-state index >= 15 is 0 Å². The molecule has 6 atom stereocenters. The van der Waals surface area contributed by atoms with Crippen LogP contribution in [-0.4, -0.2) is 89.2 Å². The lowest BCUT2D eigenvalue weighted by Crippen LogP contribution is -2.61. The predicted octanol–water partition coefficient (Wildman–Crippen LogP) is 13.9. The number of carboxylic acid groups (broad SMARTS) is 1. The fourth-order valence-electron chi connectivity index (χ4n) is 7.59. The normalized spacial score (nSPS) is 19.2. The second-order valence-corrected chi connectivity index (χ2v) is 18.4. The smallest absolute Gasteiger partial charge is 0.335 e. The molecule has 12 nitrogen and oxygen atoms in total. The summed E-state index contributed by atoms with van der Waals surface area (Å²) in [6, 6.07) is 0. The average molecular weight is 1020 g/mol. The van der Waals surface area contributed by atoms with Crippen molar-refractivity contribution in [1.82, 2.24) is 0 Å². The molecule has 0 aromatic carbocycles. The second-order valence-electron chi connectivity index (χ2n) is 18.4. The van der Waals surface area contributed by atoms with Crippen LogP contribution in [0.4, 0.5) is 0 Å². The van der Waals surface area contributed by atoms with Gasteiger partial charge in [0.2, 0.25) is 0 Å². The minimum atomic E-state index is -1.92. The highest BCUT2D eigenvalue weighted by Crippen LogP contribution is 2.26. The molecular weight excluding hydrogens is 925 g/mol. The van der Waals surface area contributed by atoms with Crippen molar-refractivity contribution in [3.05, 3.63) is 109 Å². The number of carboxylic acids is 1. The zero-order valence-corrected chi connectivity index (χ0v) is 45.1. The SMILES string of the molecule is CC/C=C\C/C=C\C/C=C\C/C=C\CCCCC(=O)OCC(COC1OC(C(=O)O)C(O)C(O)C1OC(=O)CCCCCCC/C=C\C/C=C\CCC)OC(=O)CCCCCCC/C=C\C/C=C\C/C=C\CC. The van der Waals surface area contributed by atoms with Crippen LogP contribution < -0.4 is 0 Å². The van der Waals surface area contributed by atoms with E-state index in [0.29, 0.717) is 19.3 Å². The molecule has 3 N–H and O–H groups in total. The van der Waals surface area contributed by atoms with E-state index in [0.717, 1.165) is 141 Å². The summed E-state index contributed by atoms with van der Waals surface area (Å²) in [6.45, 7) is 5.62. The number of esters is 3. The maximum Gasteiger partial charge on any atom is 0.335 e. The zero-order chi connectivity index (χ0) is 53.3. The molecule has 412 valence electrons. The van der Waals surface area contributed by atoms with Crippen molar-refractivity contribution < 1.29 is 58.2 Å². The van der Waals surface area contributed by atoms with Crippen molar-refractivity contribution >= 4 is 23.9 Å². The van der Waals surface area contributed by atoms with Gasteiger partial charge in [0.1, 0.15) is 18.8 Å². The van der Waals surface area contributed by atoms with Gasteiger partial charge < -0.3 is 39.0 Å². The van der Waals surface area contributed by atoms with Gasteiger partial charge in [-0.1, -0.05) is 175 Å². The van der Waals surface area contributed by atoms with E-state index < -0.39 is 67.3 Å². The van der Waals surface area contributed by atoms with Gasteiger partial charge in [-0.15, -0.1) is 0 Å². The first kappa shape index (κ1) is 66.4. The molecule has 0 spiro atoms. The standard InChI is InChI=1S/C61H96O12/c1-4-7-10-13-16-19-22-25-27-30-32-35-38-41-44-47-53(62)69-50-52(71-54(63)48-45-42-39-36-34-31-28-26-23-20-17-14-11-8-5-2)51-70-61-59(57(66)56(65)58(73-61)60(67)68)72-55(64)49-46-43-40-37-33-29-24-21-18-15-12-9-6-3/h7-8,10-12,15-17,19-21,24-28,32,35,52,56-59,61,65-66H,4-6,9,13-14,18,22-23,29-31,33-34,36-51H2,1-3H3,(H,67,68)/b10-7-,11-8-,15-12-,19-16-,20-17-,24-21-,27-25-,28-26-,35-32-. The summed E-state index contributed by atoms with van der Waals surface area (Å²) in [5.41, 5.74) is 0. The Balaban J connectivity index is 2.77. The predicted molar refractivity (Wildman–Crippen MR) is 294 cm³/mol. The maximum atomic E-state index is 13.1. The third kappa shape index (κ3) is 38.6. The van der Waals surface area contributed by atoms with Crippen molar-refractivity contribution in [3.8, 4) is 0 Å². The average Bonchev–Trinajstić information content (AvgIpc) is 3.37. The number of hydrogen-bond acceptors (Lipinski definition) is 11. The van der Waals surface area contributed by atoms with Crippen LogP contribution in [0.2, 0.25) is 0 Å². The molecule has 0 bridgehead atoms. The number of aliphatic hydroxyl groups is 2. The molecule has 1 rings (SSSR count). The number of hydrogen-bond donors (Lipinski definition) is 3. The molecule has 1 aliphatic rings. The number of rotatable bonds is 45. The third-order valence-electron chi connectivity index (χ3n) is 11.8. The van der Waals surface area contributed by atoms with Gasteiger partial charge in [-0.2, -0.15) is 0 Å². The van der Waals surface area contributed by atoms with Crippen molar-refractivity contribution in [1.29, 1.82) is 0 Å². The highest BCUT2D eigenvalue weighted by atomic mass is 16.7. The Hall–Kier alpha value is -4.62. The van der Waals surface area contributed by atoms with Crippen LogP contribution in [0.5, 0.6) is 0 Å². The molecule has 1 saturated heterocycles. The van der Waals surface area contributed by atoms with E-state index in [-0.39, 0.29) is 25.9 Å². The van der Waals surface area contributed by atoms with Gasteiger partial charge in [0.25, 0.3) is 0 Å². The Kier molecular flexibility index (Phi) is 44.0. The van der Waals surface area contributed by atoms with Crippen molar-refractivity contribution in [2.45, 2.75) is 237 Å². The summed E-state index contributed by atoms with van der Waals surface area (Å²) < 4.78 is 28.3. The second kappa shape index (κ2) is 48.3. The Morgan fingerprint density at radius 2 is 0.863 bits per heavy atom. The first-order chi connectivity index (χ1) is 35.6. The van der Waals surface area contributed by atoms with Gasteiger partial charge in [0, 0.05) is 19.3 Å². The van der Waals surface area contributed by atoms with Gasteiger partial charge in [0.05, 0.1) is 6.61 Å². The van der Waals surface area contributed by atoms with Crippen LogP contribution in [-0.2, 0) is 42.9 Å². The number of aliphatic hydroxyl groups excluding tert-OH is 2. The molecule has 0 aromatic heterocycles. The third-order valence-corrected chi connectivity index (χ3v) is 11.8. The van der Waals surface area contributed by atoms with Gasteiger partial charge in [-0.3, -0.25) is 14.4 Å². The van der Waals surface area contributed by atoms with E-state index in [1.54, 1.807) is 0 Å². The van der Waals surface area contributed by atoms with E-state index in [2.05, 4.69) is 130 Å². The first-order valence-corrected chi connectivity index (χ1v) is 27.9. The lowest BCUT2D eigenvalue weighted by atomic mass is 9.98. The minimum absolute atomic E-state index is 0.0323. The van der Waals surface area contributed by atoms with Crippen LogP contribution in [0.1, 0.15) is 201 Å². The van der Waals surface area contributed by atoms with Crippen LogP contribution in [0.25, 0.3) is 0 Å². The van der Waals surface area contributed by atoms with Gasteiger partial charge in [-0.05, 0) is 116 Å². The van der Waals surface area contributed by atoms with Crippen LogP contribution in [0.3, 0.4) is 0 Å². The quantitative estimate of drug-likeness (QED) is 0.0228. The van der Waals surface area contributed by atoms with Gasteiger partial charge in [0.15, 0.2) is 24.6 Å².